The number of rotatable bonds is 6. The highest BCUT2D eigenvalue weighted by molar-refractivity contribution is 5.78. The van der Waals surface area contributed by atoms with Gasteiger partial charge < -0.3 is 4.57 Å². The summed E-state index contributed by atoms with van der Waals surface area (Å²) < 4.78 is 1.82. The number of hydrogen-bond acceptors (Lipinski definition) is 2. The first kappa shape index (κ1) is 12.6. The first-order valence-corrected chi connectivity index (χ1v) is 6.27. The van der Waals surface area contributed by atoms with E-state index in [0.29, 0.717) is 13.0 Å². The zero-order valence-corrected chi connectivity index (χ0v) is 10.7. The molecule has 0 amide bonds. The van der Waals surface area contributed by atoms with Crippen molar-refractivity contribution < 1.29 is 4.79 Å². The zero-order valence-electron chi connectivity index (χ0n) is 10.7. The molecule has 0 radical (unpaired) electrons. The summed E-state index contributed by atoms with van der Waals surface area (Å²) >= 11 is 0. The van der Waals surface area contributed by atoms with E-state index in [9.17, 15) is 4.79 Å². The van der Waals surface area contributed by atoms with Crippen LogP contribution in [0.1, 0.15) is 24.0 Å². The molecular formula is C15H18N2O. The number of benzene rings is 1. The van der Waals surface area contributed by atoms with E-state index in [1.165, 1.54) is 11.1 Å². The number of carbonyl (C=O) groups excluding carboxylic acids is 1. The SMILES string of the molecule is Cc1ccccc1CCCC(=O)Cn1ccnc1. The molecule has 3 heteroatoms. The van der Waals surface area contributed by atoms with E-state index in [2.05, 4.69) is 30.1 Å². The van der Waals surface area contributed by atoms with Gasteiger partial charge in [0.1, 0.15) is 0 Å². The van der Waals surface area contributed by atoms with Crippen LogP contribution in [0.15, 0.2) is 43.0 Å². The fourth-order valence-corrected chi connectivity index (χ4v) is 2.03. The van der Waals surface area contributed by atoms with Gasteiger partial charge in [0.2, 0.25) is 0 Å². The fourth-order valence-electron chi connectivity index (χ4n) is 2.03. The third-order valence-corrected chi connectivity index (χ3v) is 3.08. The third-order valence-electron chi connectivity index (χ3n) is 3.08. The van der Waals surface area contributed by atoms with Crippen molar-refractivity contribution >= 4 is 5.78 Å². The maximum absolute atomic E-state index is 11.7. The van der Waals surface area contributed by atoms with E-state index >= 15 is 0 Å². The summed E-state index contributed by atoms with van der Waals surface area (Å²) in [4.78, 5) is 15.7. The average molecular weight is 242 g/mol. The van der Waals surface area contributed by atoms with Crippen molar-refractivity contribution in [1.29, 1.82) is 0 Å². The van der Waals surface area contributed by atoms with Gasteiger partial charge in [-0.15, -0.1) is 0 Å². The van der Waals surface area contributed by atoms with Crippen LogP contribution in [0, 0.1) is 6.92 Å². The summed E-state index contributed by atoms with van der Waals surface area (Å²) in [5, 5.41) is 0. The van der Waals surface area contributed by atoms with E-state index < -0.39 is 0 Å². The van der Waals surface area contributed by atoms with Gasteiger partial charge in [-0.2, -0.15) is 0 Å². The summed E-state index contributed by atoms with van der Waals surface area (Å²) in [6.45, 7) is 2.55. The molecule has 0 unspecified atom stereocenters. The summed E-state index contributed by atoms with van der Waals surface area (Å²) in [5.74, 6) is 0.265. The lowest BCUT2D eigenvalue weighted by Gasteiger charge is -2.05. The molecule has 0 fully saturated rings. The Hall–Kier alpha value is -1.90. The van der Waals surface area contributed by atoms with Crippen LogP contribution < -0.4 is 0 Å². The second-order valence-electron chi connectivity index (χ2n) is 4.55. The van der Waals surface area contributed by atoms with Crippen molar-refractivity contribution in [2.75, 3.05) is 0 Å². The van der Waals surface area contributed by atoms with Gasteiger partial charge in [0, 0.05) is 18.8 Å². The minimum Gasteiger partial charge on any atom is -0.330 e. The molecule has 0 aliphatic rings. The molecule has 1 aromatic heterocycles. The maximum Gasteiger partial charge on any atom is 0.152 e. The van der Waals surface area contributed by atoms with Crippen molar-refractivity contribution in [3.8, 4) is 0 Å². The Kier molecular flexibility index (Phi) is 4.29. The second-order valence-corrected chi connectivity index (χ2v) is 4.55. The predicted octanol–water partition coefficient (Wildman–Crippen LogP) is 2.78. The number of Topliss-reactive ketones (excluding diaryl/α,β-unsaturated/α-hetero) is 1. The van der Waals surface area contributed by atoms with E-state index in [4.69, 9.17) is 0 Å². The molecule has 0 saturated heterocycles. The topological polar surface area (TPSA) is 34.9 Å². The molecule has 94 valence electrons. The smallest absolute Gasteiger partial charge is 0.152 e. The van der Waals surface area contributed by atoms with Crippen LogP contribution in [0.5, 0.6) is 0 Å². The molecule has 1 heterocycles. The Morgan fingerprint density at radius 1 is 1.33 bits per heavy atom. The van der Waals surface area contributed by atoms with Gasteiger partial charge >= 0.3 is 0 Å². The average Bonchev–Trinajstić information content (AvgIpc) is 2.84. The van der Waals surface area contributed by atoms with Gasteiger partial charge in [0.05, 0.1) is 12.9 Å². The third kappa shape index (κ3) is 3.55. The van der Waals surface area contributed by atoms with Gasteiger partial charge in [-0.3, -0.25) is 4.79 Å². The highest BCUT2D eigenvalue weighted by atomic mass is 16.1. The molecule has 3 nitrogen and oxygen atoms in total. The zero-order chi connectivity index (χ0) is 12.8. The molecule has 0 N–H and O–H groups in total. The quantitative estimate of drug-likeness (QED) is 0.780. The van der Waals surface area contributed by atoms with Crippen molar-refractivity contribution in [2.45, 2.75) is 32.7 Å². The molecular weight excluding hydrogens is 224 g/mol. The monoisotopic (exact) mass is 242 g/mol. The molecule has 18 heavy (non-hydrogen) atoms. The van der Waals surface area contributed by atoms with Crippen LogP contribution in [0.2, 0.25) is 0 Å². The standard InChI is InChI=1S/C15H18N2O/c1-13-5-2-3-6-14(13)7-4-8-15(18)11-17-10-9-16-12-17/h2-3,5-6,9-10,12H,4,7-8,11H2,1H3. The van der Waals surface area contributed by atoms with Crippen LogP contribution in [0.4, 0.5) is 0 Å². The Morgan fingerprint density at radius 2 is 2.17 bits per heavy atom. The van der Waals surface area contributed by atoms with Crippen LogP contribution in [0.3, 0.4) is 0 Å². The van der Waals surface area contributed by atoms with E-state index in [1.807, 2.05) is 16.8 Å². The highest BCUT2D eigenvalue weighted by Gasteiger charge is 2.04. The van der Waals surface area contributed by atoms with E-state index in [-0.39, 0.29) is 5.78 Å². The van der Waals surface area contributed by atoms with Gasteiger partial charge in [0.25, 0.3) is 0 Å². The summed E-state index contributed by atoms with van der Waals surface area (Å²) in [6.07, 6.45) is 7.71. The number of ketones is 1. The van der Waals surface area contributed by atoms with Gasteiger partial charge in [0.15, 0.2) is 5.78 Å². The molecule has 0 aliphatic carbocycles. The number of nitrogens with zero attached hydrogens (tertiary/aromatic N) is 2. The lowest BCUT2D eigenvalue weighted by molar-refractivity contribution is -0.119. The summed E-state index contributed by atoms with van der Waals surface area (Å²) in [5.41, 5.74) is 2.65. The van der Waals surface area contributed by atoms with Crippen molar-refractivity contribution in [2.24, 2.45) is 0 Å². The Labute approximate surface area is 107 Å². The van der Waals surface area contributed by atoms with Crippen LogP contribution in [0.25, 0.3) is 0 Å². The first-order valence-electron chi connectivity index (χ1n) is 6.27. The van der Waals surface area contributed by atoms with E-state index in [0.717, 1.165) is 12.8 Å². The first-order chi connectivity index (χ1) is 8.75. The van der Waals surface area contributed by atoms with Gasteiger partial charge in [-0.1, -0.05) is 24.3 Å². The normalized spacial score (nSPS) is 10.5. The molecule has 0 spiro atoms. The molecule has 2 rings (SSSR count). The maximum atomic E-state index is 11.7. The Bertz CT molecular complexity index is 503. The second kappa shape index (κ2) is 6.15. The molecule has 0 atom stereocenters. The van der Waals surface area contributed by atoms with E-state index in [1.54, 1.807) is 12.5 Å². The van der Waals surface area contributed by atoms with Gasteiger partial charge in [-0.25, -0.2) is 4.98 Å². The van der Waals surface area contributed by atoms with Crippen LogP contribution in [-0.4, -0.2) is 15.3 Å². The van der Waals surface area contributed by atoms with Gasteiger partial charge in [-0.05, 0) is 30.9 Å². The predicted molar refractivity (Wildman–Crippen MR) is 71.4 cm³/mol. The molecule has 2 aromatic rings. The number of imidazole rings is 1. The number of carbonyl (C=O) groups is 1. The molecule has 1 aromatic carbocycles. The van der Waals surface area contributed by atoms with Crippen LogP contribution in [-0.2, 0) is 17.8 Å². The summed E-state index contributed by atoms with van der Waals surface area (Å²) in [7, 11) is 0. The largest absolute Gasteiger partial charge is 0.330 e. The minimum absolute atomic E-state index is 0.265. The highest BCUT2D eigenvalue weighted by Crippen LogP contribution is 2.11. The fraction of sp³-hybridized carbons (Fsp3) is 0.333. The number of aryl methyl sites for hydroxylation is 2. The molecule has 0 saturated carbocycles. The minimum atomic E-state index is 0.265. The van der Waals surface area contributed by atoms with Crippen molar-refractivity contribution in [1.82, 2.24) is 9.55 Å². The lowest BCUT2D eigenvalue weighted by Crippen LogP contribution is -2.08. The molecule has 0 aliphatic heterocycles. The molecule has 0 bridgehead atoms. The number of aromatic nitrogens is 2. The Balaban J connectivity index is 1.75. The van der Waals surface area contributed by atoms with Crippen LogP contribution >= 0.6 is 0 Å². The van der Waals surface area contributed by atoms with Crippen molar-refractivity contribution in [3.63, 3.8) is 0 Å². The summed E-state index contributed by atoms with van der Waals surface area (Å²) in [6, 6.07) is 8.34. The van der Waals surface area contributed by atoms with Crippen molar-refractivity contribution in [3.05, 3.63) is 54.1 Å². The number of hydrogen-bond donors (Lipinski definition) is 0. The Morgan fingerprint density at radius 3 is 2.89 bits per heavy atom. The lowest BCUT2D eigenvalue weighted by atomic mass is 10.0.